The fourth-order valence-corrected chi connectivity index (χ4v) is 3.30. The molecule has 6 heteroatoms. The van der Waals surface area contributed by atoms with E-state index in [9.17, 15) is 0 Å². The molecule has 18 heavy (non-hydrogen) atoms. The molecular weight excluding hydrogens is 312 g/mol. The zero-order valence-corrected chi connectivity index (χ0v) is 12.6. The Balaban J connectivity index is 1.61. The largest absolute Gasteiger partial charge is 0.295 e. The maximum absolute atomic E-state index is 4.52. The number of halogens is 1. The maximum atomic E-state index is 4.52. The first-order valence-electron chi connectivity index (χ1n) is 6.04. The molecule has 0 radical (unpaired) electrons. The predicted molar refractivity (Wildman–Crippen MR) is 75.7 cm³/mol. The summed E-state index contributed by atoms with van der Waals surface area (Å²) in [6.45, 7) is 5.20. The van der Waals surface area contributed by atoms with Crippen molar-refractivity contribution in [2.24, 2.45) is 0 Å². The van der Waals surface area contributed by atoms with Gasteiger partial charge in [0.1, 0.15) is 0 Å². The normalized spacial score (nSPS) is 20.7. The lowest BCUT2D eigenvalue weighted by Gasteiger charge is -2.14. The number of likely N-dealkylation sites (tertiary alicyclic amines) is 1. The van der Waals surface area contributed by atoms with E-state index in [4.69, 9.17) is 0 Å². The number of thiazole rings is 1. The van der Waals surface area contributed by atoms with Gasteiger partial charge in [0.2, 0.25) is 0 Å². The molecular formula is C12H15BrN4S. The minimum Gasteiger partial charge on any atom is -0.295 e. The van der Waals surface area contributed by atoms with Crippen molar-refractivity contribution in [2.45, 2.75) is 25.9 Å². The number of hydrogen-bond donors (Lipinski definition) is 0. The fraction of sp³-hybridized carbons (Fsp3) is 0.500. The van der Waals surface area contributed by atoms with Crippen LogP contribution in [-0.2, 0) is 6.54 Å². The molecule has 1 aliphatic heterocycles. The van der Waals surface area contributed by atoms with E-state index in [1.165, 1.54) is 5.69 Å². The van der Waals surface area contributed by atoms with Crippen molar-refractivity contribution < 1.29 is 0 Å². The molecule has 1 aliphatic rings. The third-order valence-electron chi connectivity index (χ3n) is 3.24. The second-order valence-electron chi connectivity index (χ2n) is 4.67. The van der Waals surface area contributed by atoms with E-state index in [1.54, 1.807) is 11.3 Å². The molecule has 4 nitrogen and oxygen atoms in total. The Bertz CT molecular complexity index is 536. The zero-order chi connectivity index (χ0) is 12.5. The Hall–Kier alpha value is -0.720. The molecule has 96 valence electrons. The first kappa shape index (κ1) is 12.3. The molecule has 0 amide bonds. The lowest BCUT2D eigenvalue weighted by atomic mass is 10.3. The van der Waals surface area contributed by atoms with E-state index >= 15 is 0 Å². The highest BCUT2D eigenvalue weighted by molar-refractivity contribution is 9.10. The Morgan fingerprint density at radius 2 is 2.44 bits per heavy atom. The average Bonchev–Trinajstić information content (AvgIpc) is 3.01. The Morgan fingerprint density at radius 1 is 1.56 bits per heavy atom. The van der Waals surface area contributed by atoms with Crippen LogP contribution in [0.15, 0.2) is 22.2 Å². The zero-order valence-electron chi connectivity index (χ0n) is 10.2. The number of aryl methyl sites for hydroxylation is 1. The van der Waals surface area contributed by atoms with Gasteiger partial charge in [-0.2, -0.15) is 5.10 Å². The SMILES string of the molecule is Cc1nc(CN2CCC(n3cc(Br)cn3)C2)cs1. The molecule has 0 N–H and O–H groups in total. The van der Waals surface area contributed by atoms with Crippen LogP contribution >= 0.6 is 27.3 Å². The van der Waals surface area contributed by atoms with Gasteiger partial charge in [-0.3, -0.25) is 9.58 Å². The number of rotatable bonds is 3. The maximum Gasteiger partial charge on any atom is 0.0897 e. The summed E-state index contributed by atoms with van der Waals surface area (Å²) in [5.41, 5.74) is 1.19. The molecule has 3 rings (SSSR count). The smallest absolute Gasteiger partial charge is 0.0897 e. The van der Waals surface area contributed by atoms with Crippen molar-refractivity contribution in [3.8, 4) is 0 Å². The fourth-order valence-electron chi connectivity index (χ4n) is 2.40. The van der Waals surface area contributed by atoms with Crippen LogP contribution in [0.4, 0.5) is 0 Å². The third kappa shape index (κ3) is 2.65. The summed E-state index contributed by atoms with van der Waals surface area (Å²) in [6, 6.07) is 0.496. The van der Waals surface area contributed by atoms with Crippen LogP contribution < -0.4 is 0 Å². The topological polar surface area (TPSA) is 34.0 Å². The molecule has 1 saturated heterocycles. The van der Waals surface area contributed by atoms with Crippen LogP contribution in [0.25, 0.3) is 0 Å². The van der Waals surface area contributed by atoms with Crippen LogP contribution in [0, 0.1) is 6.92 Å². The van der Waals surface area contributed by atoms with Gasteiger partial charge in [-0.25, -0.2) is 4.98 Å². The second kappa shape index (κ2) is 5.11. The molecule has 0 bridgehead atoms. The summed E-state index contributed by atoms with van der Waals surface area (Å²) >= 11 is 5.17. The van der Waals surface area contributed by atoms with Gasteiger partial charge in [0.05, 0.1) is 27.4 Å². The van der Waals surface area contributed by atoms with Crippen LogP contribution in [-0.4, -0.2) is 32.8 Å². The highest BCUT2D eigenvalue weighted by atomic mass is 79.9. The molecule has 0 saturated carbocycles. The minimum absolute atomic E-state index is 0.496. The molecule has 2 aromatic rings. The minimum atomic E-state index is 0.496. The first-order valence-corrected chi connectivity index (χ1v) is 7.71. The molecule has 1 unspecified atom stereocenters. The Morgan fingerprint density at radius 3 is 3.11 bits per heavy atom. The van der Waals surface area contributed by atoms with Crippen LogP contribution in [0.3, 0.4) is 0 Å². The number of hydrogen-bond acceptors (Lipinski definition) is 4. The second-order valence-corrected chi connectivity index (χ2v) is 6.65. The molecule has 1 fully saturated rings. The van der Waals surface area contributed by atoms with Crippen molar-refractivity contribution in [1.29, 1.82) is 0 Å². The van der Waals surface area contributed by atoms with Crippen LogP contribution in [0.1, 0.15) is 23.2 Å². The lowest BCUT2D eigenvalue weighted by Crippen LogP contribution is -2.21. The van der Waals surface area contributed by atoms with Gasteiger partial charge in [0.25, 0.3) is 0 Å². The van der Waals surface area contributed by atoms with Crippen LogP contribution in [0.2, 0.25) is 0 Å². The van der Waals surface area contributed by atoms with Gasteiger partial charge in [0, 0.05) is 31.2 Å². The van der Waals surface area contributed by atoms with Crippen molar-refractivity contribution in [3.63, 3.8) is 0 Å². The van der Waals surface area contributed by atoms with Crippen molar-refractivity contribution in [3.05, 3.63) is 32.9 Å². The molecule has 2 aromatic heterocycles. The Kier molecular flexibility index (Phi) is 3.50. The lowest BCUT2D eigenvalue weighted by molar-refractivity contribution is 0.308. The van der Waals surface area contributed by atoms with Crippen LogP contribution in [0.5, 0.6) is 0 Å². The quantitative estimate of drug-likeness (QED) is 0.869. The molecule has 3 heterocycles. The van der Waals surface area contributed by atoms with Gasteiger partial charge in [0.15, 0.2) is 0 Å². The molecule has 0 aliphatic carbocycles. The van der Waals surface area contributed by atoms with Gasteiger partial charge in [-0.15, -0.1) is 11.3 Å². The van der Waals surface area contributed by atoms with E-state index in [-0.39, 0.29) is 0 Å². The summed E-state index contributed by atoms with van der Waals surface area (Å²) in [5, 5.41) is 7.68. The summed E-state index contributed by atoms with van der Waals surface area (Å²) in [6.07, 6.45) is 5.07. The highest BCUT2D eigenvalue weighted by Crippen LogP contribution is 2.24. The third-order valence-corrected chi connectivity index (χ3v) is 4.48. The van der Waals surface area contributed by atoms with Gasteiger partial charge >= 0.3 is 0 Å². The van der Waals surface area contributed by atoms with E-state index in [0.29, 0.717) is 6.04 Å². The first-order chi connectivity index (χ1) is 8.70. The van der Waals surface area contributed by atoms with Crippen molar-refractivity contribution in [2.75, 3.05) is 13.1 Å². The highest BCUT2D eigenvalue weighted by Gasteiger charge is 2.24. The van der Waals surface area contributed by atoms with E-state index in [2.05, 4.69) is 54.1 Å². The predicted octanol–water partition coefficient (Wildman–Crippen LogP) is 2.86. The summed E-state index contributed by atoms with van der Waals surface area (Å²) in [4.78, 5) is 6.98. The summed E-state index contributed by atoms with van der Waals surface area (Å²) in [7, 11) is 0. The van der Waals surface area contributed by atoms with Gasteiger partial charge in [-0.1, -0.05) is 0 Å². The van der Waals surface area contributed by atoms with Gasteiger partial charge < -0.3 is 0 Å². The molecule has 0 aromatic carbocycles. The average molecular weight is 327 g/mol. The van der Waals surface area contributed by atoms with Crippen molar-refractivity contribution in [1.82, 2.24) is 19.7 Å². The number of nitrogens with zero attached hydrogens (tertiary/aromatic N) is 4. The van der Waals surface area contributed by atoms with Gasteiger partial charge in [-0.05, 0) is 29.3 Å². The Labute approximate surface area is 119 Å². The standard InChI is InChI=1S/C12H15BrN4S/c1-9-15-11(8-18-9)6-16-3-2-12(7-16)17-5-10(13)4-14-17/h4-5,8,12H,2-3,6-7H2,1H3. The summed E-state index contributed by atoms with van der Waals surface area (Å²) in [5.74, 6) is 0. The van der Waals surface area contributed by atoms with E-state index < -0.39 is 0 Å². The monoisotopic (exact) mass is 326 g/mol. The number of aromatic nitrogens is 3. The molecule has 0 spiro atoms. The summed E-state index contributed by atoms with van der Waals surface area (Å²) < 4.78 is 3.12. The van der Waals surface area contributed by atoms with E-state index in [0.717, 1.165) is 35.5 Å². The van der Waals surface area contributed by atoms with E-state index in [1.807, 2.05) is 6.20 Å². The molecule has 1 atom stereocenters. The van der Waals surface area contributed by atoms with Crippen molar-refractivity contribution >= 4 is 27.3 Å².